The van der Waals surface area contributed by atoms with Crippen molar-refractivity contribution in [1.82, 2.24) is 9.80 Å². The van der Waals surface area contributed by atoms with Gasteiger partial charge in [0.25, 0.3) is 0 Å². The van der Waals surface area contributed by atoms with E-state index in [-0.39, 0.29) is 0 Å². The van der Waals surface area contributed by atoms with E-state index in [0.717, 1.165) is 19.4 Å². The molecule has 1 heterocycles. The summed E-state index contributed by atoms with van der Waals surface area (Å²) in [5.74, 6) is 0. The van der Waals surface area contributed by atoms with E-state index < -0.39 is 0 Å². The molecule has 1 aliphatic heterocycles. The molecule has 0 spiro atoms. The number of likely N-dealkylation sites (tertiary alicyclic amines) is 1. The Morgan fingerprint density at radius 1 is 1.58 bits per heavy atom. The lowest BCUT2D eigenvalue weighted by atomic mass is 10.1. The summed E-state index contributed by atoms with van der Waals surface area (Å²) in [6.07, 6.45) is 3.48. The second-order valence-electron chi connectivity index (χ2n) is 3.69. The molecule has 0 bridgehead atoms. The minimum absolute atomic E-state index is 0.602. The maximum Gasteiger partial charge on any atom is 0.133 e. The van der Waals surface area contributed by atoms with Gasteiger partial charge in [0.05, 0.1) is 6.54 Å². The van der Waals surface area contributed by atoms with Gasteiger partial charge in [0.1, 0.15) is 6.29 Å². The summed E-state index contributed by atoms with van der Waals surface area (Å²) in [6, 6.07) is 0.638. The van der Waals surface area contributed by atoms with E-state index in [0.29, 0.717) is 12.6 Å². The summed E-state index contributed by atoms with van der Waals surface area (Å²) in [6.45, 7) is 2.74. The van der Waals surface area contributed by atoms with E-state index in [4.69, 9.17) is 0 Å². The van der Waals surface area contributed by atoms with Crippen LogP contribution in [-0.2, 0) is 4.79 Å². The Morgan fingerprint density at radius 3 is 2.92 bits per heavy atom. The fraction of sp³-hybridized carbons (Fsp3) is 0.889. The third-order valence-electron chi connectivity index (χ3n) is 2.54. The molecular weight excluding hydrogens is 152 g/mol. The monoisotopic (exact) mass is 170 g/mol. The summed E-state index contributed by atoms with van der Waals surface area (Å²) in [7, 11) is 4.21. The van der Waals surface area contributed by atoms with Gasteiger partial charge in [0, 0.05) is 12.6 Å². The Hall–Kier alpha value is -0.410. The van der Waals surface area contributed by atoms with Crippen LogP contribution in [0.1, 0.15) is 12.8 Å². The molecule has 3 nitrogen and oxygen atoms in total. The molecule has 1 aliphatic rings. The zero-order valence-corrected chi connectivity index (χ0v) is 7.99. The fourth-order valence-electron chi connectivity index (χ4n) is 1.72. The number of aldehydes is 1. The Labute approximate surface area is 74.3 Å². The van der Waals surface area contributed by atoms with Gasteiger partial charge in [0.2, 0.25) is 0 Å². The fourth-order valence-corrected chi connectivity index (χ4v) is 1.72. The molecule has 0 aromatic carbocycles. The van der Waals surface area contributed by atoms with E-state index in [1.165, 1.54) is 12.8 Å². The van der Waals surface area contributed by atoms with Gasteiger partial charge in [-0.3, -0.25) is 4.90 Å². The first kappa shape index (κ1) is 9.68. The SMILES string of the molecule is CN(C)C1CCCN(CC=O)C1. The highest BCUT2D eigenvalue weighted by Crippen LogP contribution is 2.12. The molecule has 1 saturated heterocycles. The summed E-state index contributed by atoms with van der Waals surface area (Å²) in [4.78, 5) is 14.8. The van der Waals surface area contributed by atoms with Crippen LogP contribution >= 0.6 is 0 Å². The van der Waals surface area contributed by atoms with Gasteiger partial charge in [-0.25, -0.2) is 0 Å². The lowest BCUT2D eigenvalue weighted by molar-refractivity contribution is -0.109. The van der Waals surface area contributed by atoms with Gasteiger partial charge in [-0.2, -0.15) is 0 Å². The molecule has 1 unspecified atom stereocenters. The lowest BCUT2D eigenvalue weighted by Gasteiger charge is -2.35. The van der Waals surface area contributed by atoms with E-state index in [1.54, 1.807) is 0 Å². The molecule has 12 heavy (non-hydrogen) atoms. The van der Waals surface area contributed by atoms with Crippen LogP contribution in [0.15, 0.2) is 0 Å². The van der Waals surface area contributed by atoms with E-state index in [9.17, 15) is 4.79 Å². The number of hydrogen-bond acceptors (Lipinski definition) is 3. The maximum absolute atomic E-state index is 10.3. The van der Waals surface area contributed by atoms with Crippen LogP contribution < -0.4 is 0 Å². The maximum atomic E-state index is 10.3. The number of likely N-dealkylation sites (N-methyl/N-ethyl adjacent to an activating group) is 1. The van der Waals surface area contributed by atoms with Crippen LogP contribution in [0.3, 0.4) is 0 Å². The molecule has 70 valence electrons. The lowest BCUT2D eigenvalue weighted by Crippen LogP contribution is -2.45. The van der Waals surface area contributed by atoms with Gasteiger partial charge in [-0.1, -0.05) is 0 Å². The smallest absolute Gasteiger partial charge is 0.133 e. The first-order valence-electron chi connectivity index (χ1n) is 4.56. The second-order valence-corrected chi connectivity index (χ2v) is 3.69. The number of hydrogen-bond donors (Lipinski definition) is 0. The summed E-state index contributed by atoms with van der Waals surface area (Å²) in [5.41, 5.74) is 0. The Kier molecular flexibility index (Phi) is 3.69. The molecular formula is C9H18N2O. The quantitative estimate of drug-likeness (QED) is 0.566. The van der Waals surface area contributed by atoms with E-state index >= 15 is 0 Å². The van der Waals surface area contributed by atoms with E-state index in [2.05, 4.69) is 23.9 Å². The standard InChI is InChI=1S/C9H18N2O/c1-10(2)9-4-3-5-11(8-9)6-7-12/h7,9H,3-6,8H2,1-2H3. The average molecular weight is 170 g/mol. The van der Waals surface area contributed by atoms with Crippen molar-refractivity contribution in [3.8, 4) is 0 Å². The highest BCUT2D eigenvalue weighted by Gasteiger charge is 2.20. The van der Waals surface area contributed by atoms with Crippen LogP contribution in [0.4, 0.5) is 0 Å². The number of nitrogens with zero attached hydrogens (tertiary/aromatic N) is 2. The van der Waals surface area contributed by atoms with Crippen molar-refractivity contribution in [1.29, 1.82) is 0 Å². The Morgan fingerprint density at radius 2 is 2.33 bits per heavy atom. The molecule has 0 amide bonds. The van der Waals surface area contributed by atoms with Crippen molar-refractivity contribution in [3.63, 3.8) is 0 Å². The van der Waals surface area contributed by atoms with Crippen molar-refractivity contribution in [2.24, 2.45) is 0 Å². The van der Waals surface area contributed by atoms with Crippen molar-refractivity contribution < 1.29 is 4.79 Å². The number of rotatable bonds is 3. The highest BCUT2D eigenvalue weighted by atomic mass is 16.1. The van der Waals surface area contributed by atoms with Crippen LogP contribution in [0.2, 0.25) is 0 Å². The normalized spacial score (nSPS) is 26.1. The highest BCUT2D eigenvalue weighted by molar-refractivity contribution is 5.51. The van der Waals surface area contributed by atoms with Crippen LogP contribution in [0, 0.1) is 0 Å². The minimum atomic E-state index is 0.602. The average Bonchev–Trinajstić information content (AvgIpc) is 2.05. The third-order valence-corrected chi connectivity index (χ3v) is 2.54. The largest absolute Gasteiger partial charge is 0.305 e. The van der Waals surface area contributed by atoms with Gasteiger partial charge >= 0.3 is 0 Å². The predicted molar refractivity (Wildman–Crippen MR) is 49.2 cm³/mol. The Bertz CT molecular complexity index is 147. The molecule has 1 atom stereocenters. The number of carbonyl (C=O) groups excluding carboxylic acids is 1. The van der Waals surface area contributed by atoms with Crippen molar-refractivity contribution in [3.05, 3.63) is 0 Å². The molecule has 0 aromatic heterocycles. The molecule has 0 N–H and O–H groups in total. The summed E-state index contributed by atoms with van der Waals surface area (Å²) >= 11 is 0. The zero-order valence-electron chi connectivity index (χ0n) is 7.99. The van der Waals surface area contributed by atoms with Crippen molar-refractivity contribution in [2.75, 3.05) is 33.7 Å². The molecule has 1 fully saturated rings. The molecule has 3 heteroatoms. The first-order valence-corrected chi connectivity index (χ1v) is 4.56. The van der Waals surface area contributed by atoms with Crippen LogP contribution in [0.25, 0.3) is 0 Å². The van der Waals surface area contributed by atoms with Crippen LogP contribution in [-0.4, -0.2) is 55.9 Å². The molecule has 0 radical (unpaired) electrons. The topological polar surface area (TPSA) is 23.6 Å². The molecule has 0 aromatic rings. The second kappa shape index (κ2) is 4.58. The van der Waals surface area contributed by atoms with E-state index in [1.807, 2.05) is 0 Å². The predicted octanol–water partition coefficient (Wildman–Crippen LogP) is 0.211. The Balaban J connectivity index is 2.34. The molecule has 0 saturated carbocycles. The first-order chi connectivity index (χ1) is 5.74. The number of piperidine rings is 1. The van der Waals surface area contributed by atoms with Gasteiger partial charge < -0.3 is 9.69 Å². The van der Waals surface area contributed by atoms with Crippen LogP contribution in [0.5, 0.6) is 0 Å². The summed E-state index contributed by atoms with van der Waals surface area (Å²) < 4.78 is 0. The van der Waals surface area contributed by atoms with Crippen molar-refractivity contribution >= 4 is 6.29 Å². The summed E-state index contributed by atoms with van der Waals surface area (Å²) in [5, 5.41) is 0. The van der Waals surface area contributed by atoms with Crippen molar-refractivity contribution in [2.45, 2.75) is 18.9 Å². The minimum Gasteiger partial charge on any atom is -0.305 e. The zero-order chi connectivity index (χ0) is 8.97. The van der Waals surface area contributed by atoms with Gasteiger partial charge in [-0.05, 0) is 33.5 Å². The van der Waals surface area contributed by atoms with Gasteiger partial charge in [-0.15, -0.1) is 0 Å². The third kappa shape index (κ3) is 2.57. The molecule has 1 rings (SSSR count). The molecule has 0 aliphatic carbocycles. The number of carbonyl (C=O) groups is 1. The van der Waals surface area contributed by atoms with Gasteiger partial charge in [0.15, 0.2) is 0 Å².